The van der Waals surface area contributed by atoms with Gasteiger partial charge in [-0.25, -0.2) is 0 Å². The minimum absolute atomic E-state index is 0.188. The third-order valence-corrected chi connectivity index (χ3v) is 5.27. The number of aliphatic carboxylic acids is 1. The van der Waals surface area contributed by atoms with Crippen LogP contribution in [0.15, 0.2) is 30.3 Å². The summed E-state index contributed by atoms with van der Waals surface area (Å²) in [5, 5.41) is 20.1. The molecule has 1 aromatic carbocycles. The topological polar surface area (TPSA) is 137 Å². The lowest BCUT2D eigenvalue weighted by molar-refractivity contribution is -0.141. The van der Waals surface area contributed by atoms with Gasteiger partial charge >= 0.3 is 5.97 Å². The van der Waals surface area contributed by atoms with Crippen molar-refractivity contribution in [2.75, 3.05) is 6.54 Å². The third-order valence-electron chi connectivity index (χ3n) is 5.27. The first-order valence-corrected chi connectivity index (χ1v) is 10.6. The molecule has 4 unspecified atom stereocenters. The van der Waals surface area contributed by atoms with Gasteiger partial charge in [-0.2, -0.15) is 0 Å². The van der Waals surface area contributed by atoms with E-state index in [-0.39, 0.29) is 24.3 Å². The smallest absolute Gasteiger partial charge is 0.325 e. The van der Waals surface area contributed by atoms with Crippen LogP contribution in [0.4, 0.5) is 0 Å². The zero-order chi connectivity index (χ0) is 23.0. The Morgan fingerprint density at radius 3 is 2.26 bits per heavy atom. The zero-order valence-corrected chi connectivity index (χ0v) is 18.2. The molecule has 1 aromatic rings. The van der Waals surface area contributed by atoms with Crippen molar-refractivity contribution in [1.29, 1.82) is 0 Å². The lowest BCUT2D eigenvalue weighted by Crippen LogP contribution is -2.58. The first kappa shape index (κ1) is 24.3. The summed E-state index contributed by atoms with van der Waals surface area (Å²) < 4.78 is 0. The Labute approximate surface area is 182 Å². The molecule has 4 atom stereocenters. The number of amides is 3. The molecule has 5 N–H and O–H groups in total. The van der Waals surface area contributed by atoms with E-state index in [4.69, 9.17) is 5.11 Å². The van der Waals surface area contributed by atoms with E-state index in [1.54, 1.807) is 0 Å². The molecule has 0 saturated carbocycles. The molecule has 170 valence electrons. The molecule has 1 heterocycles. The molecular weight excluding hydrogens is 400 g/mol. The highest BCUT2D eigenvalue weighted by Gasteiger charge is 2.32. The molecule has 1 aliphatic rings. The van der Waals surface area contributed by atoms with Crippen LogP contribution >= 0.6 is 0 Å². The van der Waals surface area contributed by atoms with Crippen molar-refractivity contribution >= 4 is 23.7 Å². The second-order valence-corrected chi connectivity index (χ2v) is 8.20. The van der Waals surface area contributed by atoms with Gasteiger partial charge in [0.1, 0.15) is 18.1 Å². The van der Waals surface area contributed by atoms with Crippen LogP contribution in [0.1, 0.15) is 39.2 Å². The zero-order valence-electron chi connectivity index (χ0n) is 18.2. The Kier molecular flexibility index (Phi) is 8.99. The van der Waals surface area contributed by atoms with Crippen LogP contribution in [0.5, 0.6) is 0 Å². The number of carbonyl (C=O) groups excluding carboxylic acids is 3. The van der Waals surface area contributed by atoms with Gasteiger partial charge in [0.2, 0.25) is 17.7 Å². The van der Waals surface area contributed by atoms with E-state index in [9.17, 15) is 19.2 Å². The molecule has 1 aliphatic heterocycles. The fraction of sp³-hybridized carbons (Fsp3) is 0.545. The molecule has 0 spiro atoms. The number of carboxylic acid groups (broad SMARTS) is 1. The van der Waals surface area contributed by atoms with Crippen LogP contribution in [0.25, 0.3) is 0 Å². The van der Waals surface area contributed by atoms with Gasteiger partial charge in [0.15, 0.2) is 0 Å². The summed E-state index contributed by atoms with van der Waals surface area (Å²) in [5.74, 6) is -2.70. The summed E-state index contributed by atoms with van der Waals surface area (Å²) in [6.07, 6.45) is 1.80. The number of nitrogens with one attached hydrogen (secondary N) is 4. The van der Waals surface area contributed by atoms with Gasteiger partial charge in [-0.05, 0) is 37.8 Å². The Hall–Kier alpha value is -2.94. The SMILES string of the molecule is CC(NC(=O)C(Cc1ccccc1)NC(=O)C(NC(=O)C1CCCN1)C(C)C)C(=O)O. The second kappa shape index (κ2) is 11.5. The largest absolute Gasteiger partial charge is 0.480 e. The number of carboxylic acids is 1. The van der Waals surface area contributed by atoms with Gasteiger partial charge in [-0.3, -0.25) is 19.2 Å². The number of benzene rings is 1. The quantitative estimate of drug-likeness (QED) is 0.358. The lowest BCUT2D eigenvalue weighted by Gasteiger charge is -2.26. The molecule has 2 rings (SSSR count). The van der Waals surface area contributed by atoms with Crippen molar-refractivity contribution in [2.45, 2.75) is 64.2 Å². The summed E-state index contributed by atoms with van der Waals surface area (Å²) in [6.45, 7) is 5.74. The van der Waals surface area contributed by atoms with Crippen LogP contribution < -0.4 is 21.3 Å². The molecule has 31 heavy (non-hydrogen) atoms. The maximum atomic E-state index is 13.0. The summed E-state index contributed by atoms with van der Waals surface area (Å²) in [4.78, 5) is 49.4. The van der Waals surface area contributed by atoms with Crippen LogP contribution in [0.2, 0.25) is 0 Å². The fourth-order valence-corrected chi connectivity index (χ4v) is 3.39. The van der Waals surface area contributed by atoms with Gasteiger partial charge in [0, 0.05) is 6.42 Å². The van der Waals surface area contributed by atoms with E-state index in [2.05, 4.69) is 21.3 Å². The predicted molar refractivity (Wildman–Crippen MR) is 115 cm³/mol. The average molecular weight is 433 g/mol. The maximum Gasteiger partial charge on any atom is 0.325 e. The average Bonchev–Trinajstić information content (AvgIpc) is 3.26. The highest BCUT2D eigenvalue weighted by atomic mass is 16.4. The Morgan fingerprint density at radius 1 is 1.03 bits per heavy atom. The summed E-state index contributed by atoms with van der Waals surface area (Å²) >= 11 is 0. The Morgan fingerprint density at radius 2 is 1.71 bits per heavy atom. The number of hydrogen-bond donors (Lipinski definition) is 5. The van der Waals surface area contributed by atoms with Crippen molar-refractivity contribution in [3.63, 3.8) is 0 Å². The van der Waals surface area contributed by atoms with E-state index in [0.29, 0.717) is 6.42 Å². The van der Waals surface area contributed by atoms with Crippen molar-refractivity contribution in [1.82, 2.24) is 21.3 Å². The summed E-state index contributed by atoms with van der Waals surface area (Å²) in [6, 6.07) is 5.88. The van der Waals surface area contributed by atoms with Crippen LogP contribution in [-0.2, 0) is 25.6 Å². The van der Waals surface area contributed by atoms with E-state index in [1.165, 1.54) is 6.92 Å². The Bertz CT molecular complexity index is 777. The highest BCUT2D eigenvalue weighted by molar-refractivity contribution is 5.94. The van der Waals surface area contributed by atoms with Gasteiger partial charge < -0.3 is 26.4 Å². The molecule has 9 nitrogen and oxygen atoms in total. The predicted octanol–water partition coefficient (Wildman–Crippen LogP) is 0.196. The van der Waals surface area contributed by atoms with E-state index in [0.717, 1.165) is 18.5 Å². The first-order valence-electron chi connectivity index (χ1n) is 10.6. The maximum absolute atomic E-state index is 13.0. The van der Waals surface area contributed by atoms with Crippen molar-refractivity contribution in [2.24, 2.45) is 5.92 Å². The molecule has 0 radical (unpaired) electrons. The molecule has 0 aliphatic carbocycles. The molecule has 0 aromatic heterocycles. The van der Waals surface area contributed by atoms with Crippen molar-refractivity contribution < 1.29 is 24.3 Å². The Balaban J connectivity index is 2.13. The molecule has 1 fully saturated rings. The molecular formula is C22H32N4O5. The van der Waals surface area contributed by atoms with Crippen molar-refractivity contribution in [3.8, 4) is 0 Å². The van der Waals surface area contributed by atoms with E-state index < -0.39 is 35.9 Å². The van der Waals surface area contributed by atoms with Crippen LogP contribution in [0.3, 0.4) is 0 Å². The fourth-order valence-electron chi connectivity index (χ4n) is 3.39. The van der Waals surface area contributed by atoms with Gasteiger partial charge in [0.05, 0.1) is 6.04 Å². The molecule has 3 amide bonds. The summed E-state index contributed by atoms with van der Waals surface area (Å²) in [5.41, 5.74) is 0.811. The third kappa shape index (κ3) is 7.36. The molecule has 9 heteroatoms. The second-order valence-electron chi connectivity index (χ2n) is 8.20. The minimum Gasteiger partial charge on any atom is -0.480 e. The van der Waals surface area contributed by atoms with Gasteiger partial charge in [0.25, 0.3) is 0 Å². The molecule has 0 bridgehead atoms. The molecule has 1 saturated heterocycles. The highest BCUT2D eigenvalue weighted by Crippen LogP contribution is 2.10. The van der Waals surface area contributed by atoms with Crippen molar-refractivity contribution in [3.05, 3.63) is 35.9 Å². The minimum atomic E-state index is -1.17. The monoisotopic (exact) mass is 432 g/mol. The normalized spacial score (nSPS) is 18.6. The summed E-state index contributed by atoms with van der Waals surface area (Å²) in [7, 11) is 0. The van der Waals surface area contributed by atoms with E-state index in [1.807, 2.05) is 44.2 Å². The van der Waals surface area contributed by atoms with Crippen LogP contribution in [-0.4, -0.2) is 59.5 Å². The number of rotatable bonds is 10. The number of carbonyl (C=O) groups is 4. The van der Waals surface area contributed by atoms with Gasteiger partial charge in [-0.1, -0.05) is 44.2 Å². The lowest BCUT2D eigenvalue weighted by atomic mass is 10.0. The first-order chi connectivity index (χ1) is 14.7. The van der Waals surface area contributed by atoms with E-state index >= 15 is 0 Å². The van der Waals surface area contributed by atoms with Gasteiger partial charge in [-0.15, -0.1) is 0 Å². The standard InChI is InChI=1S/C22H32N4O5/c1-13(2)18(26-19(27)16-10-7-11-23-16)21(29)25-17(12-15-8-5-4-6-9-15)20(28)24-14(3)22(30)31/h4-6,8-9,13-14,16-18,23H,7,10-12H2,1-3H3,(H,24,28)(H,25,29)(H,26,27)(H,30,31). The van der Waals surface area contributed by atoms with Crippen LogP contribution in [0, 0.1) is 5.92 Å². The number of hydrogen-bond acceptors (Lipinski definition) is 5.